The average Bonchev–Trinajstić information content (AvgIpc) is 2.90. The number of aliphatic hydroxyl groups excluding tert-OH is 1. The van der Waals surface area contributed by atoms with E-state index in [-0.39, 0.29) is 6.10 Å². The van der Waals surface area contributed by atoms with Gasteiger partial charge in [0.1, 0.15) is 19.1 Å². The predicted molar refractivity (Wildman–Crippen MR) is 120 cm³/mol. The van der Waals surface area contributed by atoms with Crippen molar-refractivity contribution in [1.29, 1.82) is 0 Å². The van der Waals surface area contributed by atoms with Gasteiger partial charge < -0.3 is 14.6 Å². The van der Waals surface area contributed by atoms with Gasteiger partial charge in [-0.25, -0.2) is 0 Å². The van der Waals surface area contributed by atoms with Crippen LogP contribution in [0.4, 0.5) is 0 Å². The number of likely N-dealkylation sites (tertiary alicyclic amines) is 1. The van der Waals surface area contributed by atoms with Crippen LogP contribution in [0, 0.1) is 6.92 Å². The fourth-order valence-electron chi connectivity index (χ4n) is 6.45. The summed E-state index contributed by atoms with van der Waals surface area (Å²) < 4.78 is 2.61. The van der Waals surface area contributed by atoms with Crippen LogP contribution in [0.1, 0.15) is 61.4 Å². The summed E-state index contributed by atoms with van der Waals surface area (Å²) in [4.78, 5) is 3.34. The second-order valence-corrected chi connectivity index (χ2v) is 10.1. The number of hydrogen-bond donors (Lipinski definition) is 4. The van der Waals surface area contributed by atoms with Crippen molar-refractivity contribution >= 4 is 10.9 Å². The Labute approximate surface area is 181 Å². The van der Waals surface area contributed by atoms with E-state index in [9.17, 15) is 5.11 Å². The Balaban J connectivity index is 1.23. The van der Waals surface area contributed by atoms with Crippen molar-refractivity contribution in [3.8, 4) is 0 Å². The minimum atomic E-state index is -0.199. The average molecular weight is 414 g/mol. The molecule has 0 amide bonds. The molecule has 1 saturated heterocycles. The Hall–Kier alpha value is -1.40. The quantitative estimate of drug-likeness (QED) is 0.510. The number of aliphatic hydroxyl groups is 1. The molecular formula is C25H41N4O+3. The molecule has 1 fully saturated rings. The molecule has 0 bridgehead atoms. The topological polar surface area (TPSA) is 50.6 Å². The van der Waals surface area contributed by atoms with Gasteiger partial charge in [0.15, 0.2) is 6.10 Å². The highest BCUT2D eigenvalue weighted by atomic mass is 16.3. The fraction of sp³-hybridized carbons (Fsp3) is 0.680. The number of nitrogens with two attached hydrogens (primary N) is 1. The summed E-state index contributed by atoms with van der Waals surface area (Å²) in [6.45, 7) is 9.97. The molecule has 1 aliphatic carbocycles. The van der Waals surface area contributed by atoms with Crippen LogP contribution < -0.4 is 15.1 Å². The van der Waals surface area contributed by atoms with Crippen LogP contribution in [0.2, 0.25) is 0 Å². The zero-order valence-corrected chi connectivity index (χ0v) is 18.8. The van der Waals surface area contributed by atoms with E-state index in [1.165, 1.54) is 74.5 Å². The summed E-state index contributed by atoms with van der Waals surface area (Å²) in [6, 6.07) is 7.56. The Bertz CT molecular complexity index is 868. The lowest BCUT2D eigenvalue weighted by molar-refractivity contribution is -1.01. The van der Waals surface area contributed by atoms with Crippen molar-refractivity contribution in [2.75, 3.05) is 39.4 Å². The minimum absolute atomic E-state index is 0.199. The second-order valence-electron chi connectivity index (χ2n) is 10.1. The van der Waals surface area contributed by atoms with E-state index in [1.54, 1.807) is 21.1 Å². The van der Waals surface area contributed by atoms with Crippen LogP contribution in [0.25, 0.3) is 10.9 Å². The Morgan fingerprint density at radius 2 is 1.97 bits per heavy atom. The van der Waals surface area contributed by atoms with Crippen LogP contribution in [0.15, 0.2) is 18.2 Å². The van der Waals surface area contributed by atoms with Gasteiger partial charge in [-0.05, 0) is 63.1 Å². The van der Waals surface area contributed by atoms with Gasteiger partial charge in [0.2, 0.25) is 6.67 Å². The summed E-state index contributed by atoms with van der Waals surface area (Å²) in [6.07, 6.45) is 9.15. The van der Waals surface area contributed by atoms with E-state index in [2.05, 4.69) is 35.0 Å². The number of rotatable bonds is 6. The third-order valence-electron chi connectivity index (χ3n) is 7.95. The number of nitrogens with one attached hydrogen (secondary N) is 2. The van der Waals surface area contributed by atoms with Gasteiger partial charge in [-0.15, -0.1) is 0 Å². The Kier molecular flexibility index (Phi) is 6.15. The van der Waals surface area contributed by atoms with Crippen molar-refractivity contribution in [2.45, 2.75) is 70.6 Å². The molecule has 0 radical (unpaired) electrons. The van der Waals surface area contributed by atoms with Crippen molar-refractivity contribution in [3.05, 3.63) is 35.0 Å². The highest BCUT2D eigenvalue weighted by Gasteiger charge is 2.38. The van der Waals surface area contributed by atoms with Crippen LogP contribution in [-0.4, -0.2) is 55.2 Å². The molecule has 5 N–H and O–H groups in total. The zero-order valence-electron chi connectivity index (χ0n) is 18.8. The largest absolute Gasteiger partial charge is 0.382 e. The van der Waals surface area contributed by atoms with Gasteiger partial charge in [-0.1, -0.05) is 11.6 Å². The summed E-state index contributed by atoms with van der Waals surface area (Å²) in [5, 5.41) is 14.7. The van der Waals surface area contributed by atoms with Gasteiger partial charge in [-0.2, -0.15) is 0 Å². The number of aryl methyl sites for hydroxylation is 2. The normalized spacial score (nSPS) is 25.8. The third kappa shape index (κ3) is 4.05. The first kappa shape index (κ1) is 20.5. The van der Waals surface area contributed by atoms with Crippen molar-refractivity contribution in [2.24, 2.45) is 0 Å². The van der Waals surface area contributed by atoms with E-state index >= 15 is 0 Å². The molecule has 5 nitrogen and oxygen atoms in total. The van der Waals surface area contributed by atoms with Crippen LogP contribution >= 0.6 is 0 Å². The van der Waals surface area contributed by atoms with E-state index in [0.29, 0.717) is 6.04 Å². The molecule has 2 aromatic rings. The highest BCUT2D eigenvalue weighted by Crippen LogP contribution is 2.37. The molecule has 5 rings (SSSR count). The summed E-state index contributed by atoms with van der Waals surface area (Å²) >= 11 is 0. The monoisotopic (exact) mass is 413 g/mol. The molecule has 1 aromatic carbocycles. The van der Waals surface area contributed by atoms with E-state index in [1.807, 2.05) is 0 Å². The van der Waals surface area contributed by atoms with E-state index in [0.717, 1.165) is 32.8 Å². The fourth-order valence-corrected chi connectivity index (χ4v) is 6.45. The molecule has 1 aromatic heterocycles. The zero-order chi connectivity index (χ0) is 20.5. The molecule has 0 spiro atoms. The first-order chi connectivity index (χ1) is 14.7. The SMILES string of the molecule is Cc1ccc2c(c1)c1c3n2CC[NH+](C[C@H](O)C[NH2+]C[NH+]2CCCCCC2)[C@H]3CCC1. The van der Waals surface area contributed by atoms with Gasteiger partial charge in [0.25, 0.3) is 0 Å². The van der Waals surface area contributed by atoms with Gasteiger partial charge in [0, 0.05) is 17.3 Å². The van der Waals surface area contributed by atoms with Crippen molar-refractivity contribution in [1.82, 2.24) is 4.57 Å². The van der Waals surface area contributed by atoms with Crippen LogP contribution in [0.5, 0.6) is 0 Å². The number of fused-ring (bicyclic) bond motifs is 3. The number of nitrogens with zero attached hydrogens (tertiary/aromatic N) is 1. The molecule has 3 aliphatic rings. The van der Waals surface area contributed by atoms with Crippen LogP contribution in [0.3, 0.4) is 0 Å². The lowest BCUT2D eigenvalue weighted by Crippen LogP contribution is -3.22. The maximum Gasteiger partial charge on any atom is 0.202 e. The number of hydrogen-bond acceptors (Lipinski definition) is 1. The molecule has 0 saturated carbocycles. The summed E-state index contributed by atoms with van der Waals surface area (Å²) in [5.41, 5.74) is 6.00. The molecule has 30 heavy (non-hydrogen) atoms. The van der Waals surface area contributed by atoms with Gasteiger partial charge in [-0.3, -0.25) is 10.2 Å². The first-order valence-electron chi connectivity index (χ1n) is 12.5. The smallest absolute Gasteiger partial charge is 0.202 e. The number of aromatic nitrogens is 1. The van der Waals surface area contributed by atoms with E-state index < -0.39 is 0 Å². The lowest BCUT2D eigenvalue weighted by Gasteiger charge is -2.37. The Morgan fingerprint density at radius 1 is 1.13 bits per heavy atom. The maximum atomic E-state index is 10.8. The number of quaternary nitrogens is 3. The molecular weight excluding hydrogens is 372 g/mol. The summed E-state index contributed by atoms with van der Waals surface area (Å²) in [5.74, 6) is 0. The maximum absolute atomic E-state index is 10.8. The molecule has 1 unspecified atom stereocenters. The van der Waals surface area contributed by atoms with Gasteiger partial charge in [0.05, 0.1) is 31.9 Å². The minimum Gasteiger partial charge on any atom is -0.382 e. The van der Waals surface area contributed by atoms with Gasteiger partial charge >= 0.3 is 0 Å². The molecule has 164 valence electrons. The Morgan fingerprint density at radius 3 is 2.80 bits per heavy atom. The standard InChI is InChI=1S/C25H38N4O/c1-19-9-10-23-22(15-19)21-7-6-8-24-25(21)29(23)14-13-28(24)17-20(30)16-26-18-27-11-4-2-3-5-12-27/h9-10,15,20,24,26,30H,2-8,11-14,16-18H2,1H3/p+3/t20-,24+/m1/s1. The van der Waals surface area contributed by atoms with E-state index in [4.69, 9.17) is 0 Å². The first-order valence-corrected chi connectivity index (χ1v) is 12.5. The number of benzene rings is 1. The molecule has 2 aliphatic heterocycles. The van der Waals surface area contributed by atoms with Crippen LogP contribution in [-0.2, 0) is 13.0 Å². The summed E-state index contributed by atoms with van der Waals surface area (Å²) in [7, 11) is 0. The van der Waals surface area contributed by atoms with Crippen molar-refractivity contribution < 1.29 is 20.2 Å². The molecule has 5 heteroatoms. The predicted octanol–water partition coefficient (Wildman–Crippen LogP) is -0.434. The highest BCUT2D eigenvalue weighted by molar-refractivity contribution is 5.86. The molecule has 3 heterocycles. The lowest BCUT2D eigenvalue weighted by atomic mass is 9.89. The molecule has 3 atom stereocenters. The third-order valence-corrected chi connectivity index (χ3v) is 7.95. The van der Waals surface area contributed by atoms with Crippen molar-refractivity contribution in [3.63, 3.8) is 0 Å². The second kappa shape index (κ2) is 8.99.